The van der Waals surface area contributed by atoms with E-state index in [-0.39, 0.29) is 79.6 Å². The SMILES string of the molecule is C=C(C)C(=O)OCC(CO)(CO)CO.C=C(C)C(=O)OCC(CO)(CO)CO.O=C(O)CCCCC(=O)O.O=C(O)CCCCC(=O)O.[NaH]. The van der Waals surface area contributed by atoms with Crippen LogP contribution in [0.4, 0.5) is 0 Å². The number of aliphatic hydroxyl groups excluding tert-OH is 6. The Hall–Kier alpha value is -2.94. The van der Waals surface area contributed by atoms with Crippen molar-refractivity contribution >= 4 is 65.4 Å². The summed E-state index contributed by atoms with van der Waals surface area (Å²) in [4.78, 5) is 61.5. The number of esters is 2. The van der Waals surface area contributed by atoms with E-state index >= 15 is 0 Å². The Labute approximate surface area is 307 Å². The molecule has 19 heteroatoms. The van der Waals surface area contributed by atoms with Crippen molar-refractivity contribution in [3.05, 3.63) is 24.3 Å². The summed E-state index contributed by atoms with van der Waals surface area (Å²) in [5.41, 5.74) is -1.89. The first-order valence-electron chi connectivity index (χ1n) is 14.5. The molecule has 0 aliphatic heterocycles. The summed E-state index contributed by atoms with van der Waals surface area (Å²) in [6, 6.07) is 0. The van der Waals surface area contributed by atoms with Crippen LogP contribution in [0.5, 0.6) is 0 Å². The molecule has 0 aliphatic rings. The molecule has 0 amide bonds. The second-order valence-corrected chi connectivity index (χ2v) is 10.7. The van der Waals surface area contributed by atoms with Crippen molar-refractivity contribution in [2.45, 2.75) is 65.2 Å². The van der Waals surface area contributed by atoms with E-state index in [0.717, 1.165) is 0 Å². The van der Waals surface area contributed by atoms with Gasteiger partial charge in [0, 0.05) is 36.8 Å². The van der Waals surface area contributed by atoms with E-state index in [1.807, 2.05) is 0 Å². The molecular weight excluding hydrogens is 671 g/mol. The van der Waals surface area contributed by atoms with Crippen LogP contribution in [-0.2, 0) is 38.2 Å². The molecule has 0 aromatic heterocycles. The molecule has 49 heavy (non-hydrogen) atoms. The molecule has 18 nitrogen and oxygen atoms in total. The summed E-state index contributed by atoms with van der Waals surface area (Å²) >= 11 is 0. The number of carboxylic acids is 4. The van der Waals surface area contributed by atoms with Gasteiger partial charge < -0.3 is 60.5 Å². The topological polar surface area (TPSA) is 323 Å². The summed E-state index contributed by atoms with van der Waals surface area (Å²) in [5.74, 6) is -4.69. The Bertz CT molecular complexity index is 863. The number of aliphatic carboxylic acids is 4. The van der Waals surface area contributed by atoms with Crippen LogP contribution in [0.15, 0.2) is 24.3 Å². The van der Waals surface area contributed by atoms with E-state index in [1.54, 1.807) is 0 Å². The molecule has 0 spiro atoms. The van der Waals surface area contributed by atoms with Crippen LogP contribution < -0.4 is 0 Å². The number of unbranched alkanes of at least 4 members (excludes halogenated alkanes) is 2. The molecule has 282 valence electrons. The fourth-order valence-electron chi connectivity index (χ4n) is 2.36. The number of carbonyl (C=O) groups excluding carboxylic acids is 2. The van der Waals surface area contributed by atoms with E-state index in [0.29, 0.717) is 25.7 Å². The van der Waals surface area contributed by atoms with Gasteiger partial charge in [0.2, 0.25) is 0 Å². The van der Waals surface area contributed by atoms with Gasteiger partial charge >= 0.3 is 65.4 Å². The zero-order valence-electron chi connectivity index (χ0n) is 27.5. The Morgan fingerprint density at radius 1 is 0.469 bits per heavy atom. The van der Waals surface area contributed by atoms with Crippen molar-refractivity contribution in [2.24, 2.45) is 10.8 Å². The molecule has 0 heterocycles. The average Bonchev–Trinajstić information content (AvgIpc) is 3.03. The van der Waals surface area contributed by atoms with Gasteiger partial charge in [-0.2, -0.15) is 0 Å². The summed E-state index contributed by atoms with van der Waals surface area (Å²) in [5, 5.41) is 85.9. The third kappa shape index (κ3) is 34.7. The third-order valence-electron chi connectivity index (χ3n) is 5.79. The van der Waals surface area contributed by atoms with Crippen molar-refractivity contribution in [2.75, 3.05) is 52.9 Å². The normalized spacial score (nSPS) is 10.1. The van der Waals surface area contributed by atoms with Crippen LogP contribution in [0.1, 0.15) is 65.2 Å². The van der Waals surface area contributed by atoms with E-state index in [9.17, 15) is 28.8 Å². The van der Waals surface area contributed by atoms with Crippen molar-refractivity contribution in [3.63, 3.8) is 0 Å². The number of hydrogen-bond donors (Lipinski definition) is 10. The third-order valence-corrected chi connectivity index (χ3v) is 5.79. The van der Waals surface area contributed by atoms with Gasteiger partial charge in [-0.3, -0.25) is 19.2 Å². The first kappa shape index (κ1) is 55.5. The molecule has 0 fully saturated rings. The molecule has 0 aromatic rings. The quantitative estimate of drug-likeness (QED) is 0.0275. The fraction of sp³-hybridized carbons (Fsp3) is 0.667. The maximum absolute atomic E-state index is 11.0. The van der Waals surface area contributed by atoms with E-state index < -0.39 is 86.3 Å². The predicted molar refractivity (Wildman–Crippen MR) is 174 cm³/mol. The summed E-state index contributed by atoms with van der Waals surface area (Å²) in [6.45, 7) is 6.52. The van der Waals surface area contributed by atoms with E-state index in [4.69, 9.17) is 60.5 Å². The molecule has 0 aliphatic carbocycles. The van der Waals surface area contributed by atoms with Gasteiger partial charge in [-0.05, 0) is 39.5 Å². The molecule has 0 saturated carbocycles. The summed E-state index contributed by atoms with van der Waals surface area (Å²) < 4.78 is 9.45. The zero-order chi connectivity index (χ0) is 38.3. The molecule has 0 bridgehead atoms. The van der Waals surface area contributed by atoms with Gasteiger partial charge in [0.25, 0.3) is 0 Å². The number of rotatable bonds is 22. The number of carbonyl (C=O) groups is 6. The first-order chi connectivity index (χ1) is 22.3. The molecule has 0 atom stereocenters. The van der Waals surface area contributed by atoms with Crippen molar-refractivity contribution < 1.29 is 89.3 Å². The Morgan fingerprint density at radius 2 is 0.653 bits per heavy atom. The molecule has 0 saturated heterocycles. The monoisotopic (exact) mass is 724 g/mol. The van der Waals surface area contributed by atoms with Crippen LogP contribution >= 0.6 is 0 Å². The van der Waals surface area contributed by atoms with E-state index in [1.165, 1.54) is 13.8 Å². The van der Waals surface area contributed by atoms with Crippen LogP contribution in [0.3, 0.4) is 0 Å². The van der Waals surface area contributed by atoms with Gasteiger partial charge in [0.1, 0.15) is 13.2 Å². The number of ether oxygens (including phenoxy) is 2. The zero-order valence-corrected chi connectivity index (χ0v) is 27.5. The van der Waals surface area contributed by atoms with Gasteiger partial charge in [-0.15, -0.1) is 0 Å². The Kier molecular flexibility index (Phi) is 38.0. The molecular formula is C30H53NaO18. The molecule has 0 radical (unpaired) electrons. The van der Waals surface area contributed by atoms with Gasteiger partial charge in [0.15, 0.2) is 0 Å². The van der Waals surface area contributed by atoms with Crippen molar-refractivity contribution in [1.29, 1.82) is 0 Å². The molecule has 0 aromatic carbocycles. The van der Waals surface area contributed by atoms with Gasteiger partial charge in [-0.1, -0.05) is 13.2 Å². The van der Waals surface area contributed by atoms with Gasteiger partial charge in [-0.25, -0.2) is 9.59 Å². The number of aliphatic hydroxyl groups is 6. The first-order valence-corrected chi connectivity index (χ1v) is 14.5. The fourth-order valence-corrected chi connectivity index (χ4v) is 2.36. The predicted octanol–water partition coefficient (Wildman–Crippen LogP) is -1.08. The Balaban J connectivity index is -0.000000177. The van der Waals surface area contributed by atoms with Crippen LogP contribution in [0.2, 0.25) is 0 Å². The molecule has 10 N–H and O–H groups in total. The molecule has 0 rings (SSSR count). The number of carboxylic acid groups (broad SMARTS) is 4. The van der Waals surface area contributed by atoms with Crippen molar-refractivity contribution in [3.8, 4) is 0 Å². The standard InChI is InChI=1S/2C9H16O5.2C6H10O4.Na.H/c2*1-7(2)8(13)14-6-9(3-10,4-11)5-12;2*7-5(8)3-1-2-4-6(9)10;;/h2*10-12H,1,3-6H2,2H3;2*1-4H2,(H,7,8)(H,9,10);;. The van der Waals surface area contributed by atoms with Crippen LogP contribution in [0.25, 0.3) is 0 Å². The Morgan fingerprint density at radius 3 is 0.776 bits per heavy atom. The summed E-state index contributed by atoms with van der Waals surface area (Å²) in [6.07, 6.45) is 2.04. The van der Waals surface area contributed by atoms with Crippen molar-refractivity contribution in [1.82, 2.24) is 0 Å². The van der Waals surface area contributed by atoms with Gasteiger partial charge in [0.05, 0.1) is 50.5 Å². The summed E-state index contributed by atoms with van der Waals surface area (Å²) in [7, 11) is 0. The second-order valence-electron chi connectivity index (χ2n) is 10.7. The minimum absolute atomic E-state index is 0. The van der Waals surface area contributed by atoms with Crippen LogP contribution in [0, 0.1) is 10.8 Å². The maximum atomic E-state index is 11.0. The van der Waals surface area contributed by atoms with E-state index in [2.05, 4.69) is 13.2 Å². The second kappa shape index (κ2) is 33.6. The number of hydrogen-bond acceptors (Lipinski definition) is 14. The average molecular weight is 725 g/mol. The molecule has 0 unspecified atom stereocenters. The minimum atomic E-state index is -1.18. The van der Waals surface area contributed by atoms with Crippen LogP contribution in [-0.4, -0.2) is 169 Å².